The zero-order chi connectivity index (χ0) is 15.5. The van der Waals surface area contributed by atoms with Crippen LogP contribution in [0.15, 0.2) is 18.2 Å². The summed E-state index contributed by atoms with van der Waals surface area (Å²) in [6.45, 7) is 3.97. The molecule has 1 aliphatic rings. The lowest BCUT2D eigenvalue weighted by Gasteiger charge is -2.28. The van der Waals surface area contributed by atoms with Gasteiger partial charge >= 0.3 is 6.18 Å². The molecular weight excluding hydrogens is 281 g/mol. The van der Waals surface area contributed by atoms with Crippen molar-refractivity contribution in [3.05, 3.63) is 29.3 Å². The van der Waals surface area contributed by atoms with Crippen LogP contribution in [-0.4, -0.2) is 32.8 Å². The molecule has 1 aliphatic heterocycles. The molecule has 0 aliphatic carbocycles. The van der Waals surface area contributed by atoms with Crippen molar-refractivity contribution in [1.29, 1.82) is 0 Å². The molecule has 0 amide bonds. The van der Waals surface area contributed by atoms with Crippen LogP contribution in [0.5, 0.6) is 0 Å². The highest BCUT2D eigenvalue weighted by Gasteiger charge is 2.35. The van der Waals surface area contributed by atoms with Crippen LogP contribution < -0.4 is 10.2 Å². The number of halogens is 3. The van der Waals surface area contributed by atoms with Crippen molar-refractivity contribution >= 4 is 5.69 Å². The Balaban J connectivity index is 2.36. The fraction of sp³-hybridized carbons (Fsp3) is 0.600. The molecular formula is C15H21F3N2O. The van der Waals surface area contributed by atoms with Crippen LogP contribution in [0.2, 0.25) is 0 Å². The minimum absolute atomic E-state index is 0.0643. The van der Waals surface area contributed by atoms with Gasteiger partial charge in [0, 0.05) is 31.9 Å². The van der Waals surface area contributed by atoms with Crippen LogP contribution in [-0.2, 0) is 17.5 Å². The van der Waals surface area contributed by atoms with Crippen molar-refractivity contribution in [3.8, 4) is 0 Å². The van der Waals surface area contributed by atoms with E-state index in [1.54, 1.807) is 24.1 Å². The van der Waals surface area contributed by atoms with E-state index in [1.165, 1.54) is 6.07 Å². The third kappa shape index (κ3) is 4.11. The smallest absolute Gasteiger partial charge is 0.377 e. The molecule has 1 atom stereocenters. The maximum atomic E-state index is 13.3. The van der Waals surface area contributed by atoms with Crippen LogP contribution in [0.1, 0.15) is 24.5 Å². The average Bonchev–Trinajstić information content (AvgIpc) is 2.63. The van der Waals surface area contributed by atoms with E-state index >= 15 is 0 Å². The summed E-state index contributed by atoms with van der Waals surface area (Å²) in [7, 11) is 1.72. The predicted octanol–water partition coefficient (Wildman–Crippen LogP) is 3.04. The van der Waals surface area contributed by atoms with Gasteiger partial charge in [-0.3, -0.25) is 0 Å². The zero-order valence-corrected chi connectivity index (χ0v) is 12.3. The first-order chi connectivity index (χ1) is 9.91. The molecule has 1 N–H and O–H groups in total. The Kier molecular flexibility index (Phi) is 5.11. The van der Waals surface area contributed by atoms with E-state index in [0.29, 0.717) is 31.8 Å². The number of rotatable bonds is 3. The largest absolute Gasteiger partial charge is 0.418 e. The van der Waals surface area contributed by atoms with Gasteiger partial charge in [-0.25, -0.2) is 0 Å². The Hall–Kier alpha value is -1.27. The molecule has 1 fully saturated rings. The summed E-state index contributed by atoms with van der Waals surface area (Å²) in [5, 5.41) is 2.88. The second-order valence-corrected chi connectivity index (χ2v) is 5.36. The highest BCUT2D eigenvalue weighted by atomic mass is 19.4. The van der Waals surface area contributed by atoms with Gasteiger partial charge in [-0.1, -0.05) is 6.07 Å². The Morgan fingerprint density at radius 1 is 1.38 bits per heavy atom. The summed E-state index contributed by atoms with van der Waals surface area (Å²) in [6.07, 6.45) is -3.68. The summed E-state index contributed by atoms with van der Waals surface area (Å²) >= 11 is 0. The summed E-state index contributed by atoms with van der Waals surface area (Å²) in [4.78, 5) is 1.78. The summed E-state index contributed by atoms with van der Waals surface area (Å²) in [5.74, 6) is 0. The van der Waals surface area contributed by atoms with Crippen molar-refractivity contribution < 1.29 is 17.9 Å². The topological polar surface area (TPSA) is 24.5 Å². The number of hydrogen-bond acceptors (Lipinski definition) is 3. The molecule has 2 rings (SSSR count). The van der Waals surface area contributed by atoms with Crippen LogP contribution in [0.25, 0.3) is 0 Å². The van der Waals surface area contributed by atoms with Gasteiger partial charge in [0.2, 0.25) is 0 Å². The summed E-state index contributed by atoms with van der Waals surface area (Å²) in [5.41, 5.74) is 0.316. The summed E-state index contributed by atoms with van der Waals surface area (Å²) < 4.78 is 45.5. The first-order valence-electron chi connectivity index (χ1n) is 7.13. The van der Waals surface area contributed by atoms with Crippen LogP contribution >= 0.6 is 0 Å². The van der Waals surface area contributed by atoms with Crippen LogP contribution in [0.4, 0.5) is 18.9 Å². The number of nitrogens with one attached hydrogen (secondary N) is 1. The molecule has 3 nitrogen and oxygen atoms in total. The number of alkyl halides is 3. The number of benzene rings is 1. The molecule has 1 heterocycles. The van der Waals surface area contributed by atoms with E-state index in [9.17, 15) is 13.2 Å². The lowest BCUT2D eigenvalue weighted by Crippen LogP contribution is -2.32. The number of hydrogen-bond donors (Lipinski definition) is 1. The lowest BCUT2D eigenvalue weighted by molar-refractivity contribution is -0.137. The van der Waals surface area contributed by atoms with Gasteiger partial charge in [0.1, 0.15) is 0 Å². The van der Waals surface area contributed by atoms with Gasteiger partial charge in [-0.15, -0.1) is 0 Å². The molecule has 0 spiro atoms. The first kappa shape index (κ1) is 16.1. The molecule has 21 heavy (non-hydrogen) atoms. The maximum absolute atomic E-state index is 13.3. The first-order valence-corrected chi connectivity index (χ1v) is 7.13. The maximum Gasteiger partial charge on any atom is 0.418 e. The fourth-order valence-electron chi connectivity index (χ4n) is 2.61. The highest BCUT2D eigenvalue weighted by Crippen LogP contribution is 2.37. The lowest BCUT2D eigenvalue weighted by atomic mass is 10.1. The molecule has 118 valence electrons. The second-order valence-electron chi connectivity index (χ2n) is 5.36. The molecule has 0 radical (unpaired) electrons. The minimum Gasteiger partial charge on any atom is -0.377 e. The third-order valence-corrected chi connectivity index (χ3v) is 3.54. The van der Waals surface area contributed by atoms with Crippen LogP contribution in [0, 0.1) is 0 Å². The van der Waals surface area contributed by atoms with Gasteiger partial charge in [0.25, 0.3) is 0 Å². The van der Waals surface area contributed by atoms with E-state index in [1.807, 2.05) is 6.92 Å². The highest BCUT2D eigenvalue weighted by molar-refractivity contribution is 5.56. The van der Waals surface area contributed by atoms with Gasteiger partial charge in [0.05, 0.1) is 11.7 Å². The number of nitrogens with zero attached hydrogens (tertiary/aromatic N) is 1. The molecule has 1 unspecified atom stereocenters. The standard InChI is InChI=1S/C15H21F3N2O/c1-11-10-20(6-3-7-21-11)14-5-4-12(9-19-2)8-13(14)15(16,17)18/h4-5,8,11,19H,3,6-7,9-10H2,1-2H3. The Labute approximate surface area is 123 Å². The van der Waals surface area contributed by atoms with Crippen molar-refractivity contribution in [2.75, 3.05) is 31.6 Å². The number of ether oxygens (including phenoxy) is 1. The van der Waals surface area contributed by atoms with E-state index in [2.05, 4.69) is 5.32 Å². The van der Waals surface area contributed by atoms with Crippen molar-refractivity contribution in [1.82, 2.24) is 5.32 Å². The van der Waals surface area contributed by atoms with Crippen LogP contribution in [0.3, 0.4) is 0 Å². The molecule has 0 bridgehead atoms. The third-order valence-electron chi connectivity index (χ3n) is 3.54. The van der Waals surface area contributed by atoms with E-state index in [4.69, 9.17) is 4.74 Å². The Bertz CT molecular complexity index is 476. The van der Waals surface area contributed by atoms with Crippen molar-refractivity contribution in [2.24, 2.45) is 0 Å². The Morgan fingerprint density at radius 3 is 2.81 bits per heavy atom. The quantitative estimate of drug-likeness (QED) is 0.929. The molecule has 1 aromatic carbocycles. The predicted molar refractivity (Wildman–Crippen MR) is 76.5 cm³/mol. The monoisotopic (exact) mass is 302 g/mol. The molecule has 6 heteroatoms. The normalized spacial score (nSPS) is 20.4. The van der Waals surface area contributed by atoms with Gasteiger partial charge < -0.3 is 15.0 Å². The fourth-order valence-corrected chi connectivity index (χ4v) is 2.61. The molecule has 1 saturated heterocycles. The average molecular weight is 302 g/mol. The van der Waals surface area contributed by atoms with E-state index < -0.39 is 11.7 Å². The SMILES string of the molecule is CNCc1ccc(N2CCCOC(C)C2)c(C(F)(F)F)c1. The van der Waals surface area contributed by atoms with Crippen molar-refractivity contribution in [2.45, 2.75) is 32.2 Å². The number of anilines is 1. The second kappa shape index (κ2) is 6.66. The van der Waals surface area contributed by atoms with Crippen molar-refractivity contribution in [3.63, 3.8) is 0 Å². The van der Waals surface area contributed by atoms with E-state index in [0.717, 1.165) is 6.42 Å². The minimum atomic E-state index is -4.35. The molecule has 0 aromatic heterocycles. The summed E-state index contributed by atoms with van der Waals surface area (Å²) in [6, 6.07) is 4.56. The van der Waals surface area contributed by atoms with Gasteiger partial charge in [-0.2, -0.15) is 13.2 Å². The van der Waals surface area contributed by atoms with E-state index in [-0.39, 0.29) is 11.8 Å². The zero-order valence-electron chi connectivity index (χ0n) is 12.3. The van der Waals surface area contributed by atoms with Gasteiger partial charge in [-0.05, 0) is 38.1 Å². The van der Waals surface area contributed by atoms with Gasteiger partial charge in [0.15, 0.2) is 0 Å². The Morgan fingerprint density at radius 2 is 2.14 bits per heavy atom. The molecule has 0 saturated carbocycles. The molecule has 1 aromatic rings.